The number of carbonyl (C=O) groups is 1. The Morgan fingerprint density at radius 1 is 0.929 bits per heavy atom. The first-order valence-corrected chi connectivity index (χ1v) is 9.79. The molecule has 3 rings (SSSR count). The van der Waals surface area contributed by atoms with Crippen LogP contribution in [0.1, 0.15) is 49.8 Å². The normalized spacial score (nSPS) is 20.5. The van der Waals surface area contributed by atoms with Gasteiger partial charge in [0.15, 0.2) is 0 Å². The minimum Gasteiger partial charge on any atom is -0.497 e. The molecular weight excluding hydrogens is 356 g/mol. The molecule has 5 nitrogen and oxygen atoms in total. The lowest BCUT2D eigenvalue weighted by molar-refractivity contribution is -0.150. The van der Waals surface area contributed by atoms with E-state index in [-0.39, 0.29) is 12.1 Å². The van der Waals surface area contributed by atoms with Crippen molar-refractivity contribution >= 4 is 5.97 Å². The van der Waals surface area contributed by atoms with E-state index in [2.05, 4.69) is 6.92 Å². The molecule has 2 unspecified atom stereocenters. The van der Waals surface area contributed by atoms with Crippen LogP contribution in [0.25, 0.3) is 0 Å². The number of hydrogen-bond acceptors (Lipinski definition) is 5. The fraction of sp³-hybridized carbons (Fsp3) is 0.435. The molecule has 0 N–H and O–H groups in total. The molecule has 0 spiro atoms. The van der Waals surface area contributed by atoms with Crippen LogP contribution >= 0.6 is 0 Å². The van der Waals surface area contributed by atoms with E-state index >= 15 is 0 Å². The lowest BCUT2D eigenvalue weighted by Crippen LogP contribution is -2.26. The van der Waals surface area contributed by atoms with Crippen LogP contribution in [0.3, 0.4) is 0 Å². The van der Waals surface area contributed by atoms with Crippen molar-refractivity contribution in [1.82, 2.24) is 0 Å². The zero-order valence-electron chi connectivity index (χ0n) is 16.8. The van der Waals surface area contributed by atoms with Gasteiger partial charge < -0.3 is 18.9 Å². The Bertz CT molecular complexity index is 769. The summed E-state index contributed by atoms with van der Waals surface area (Å²) < 4.78 is 22.1. The topological polar surface area (TPSA) is 57.3 Å². The summed E-state index contributed by atoms with van der Waals surface area (Å²) in [5, 5.41) is 0. The highest BCUT2D eigenvalue weighted by molar-refractivity contribution is 5.85. The van der Waals surface area contributed by atoms with Crippen LogP contribution in [0.4, 0.5) is 0 Å². The van der Waals surface area contributed by atoms with Gasteiger partial charge in [0.2, 0.25) is 5.60 Å². The predicted molar refractivity (Wildman–Crippen MR) is 107 cm³/mol. The standard InChI is InChI=1S/C23H28O5/c1-4-5-6-7-16-27-22(24)23(18-10-14-20(26-3)15-11-18)21(28-23)17-8-12-19(25-2)13-9-17/h8-15,21H,4-7,16H2,1-3H3. The second-order valence-corrected chi connectivity index (χ2v) is 6.93. The average Bonchev–Trinajstić information content (AvgIpc) is 3.50. The van der Waals surface area contributed by atoms with E-state index in [1.807, 2.05) is 48.5 Å². The van der Waals surface area contributed by atoms with Crippen LogP contribution in [-0.4, -0.2) is 26.8 Å². The molecule has 1 saturated heterocycles. The van der Waals surface area contributed by atoms with Gasteiger partial charge >= 0.3 is 5.97 Å². The molecule has 1 aliphatic heterocycles. The molecule has 0 radical (unpaired) electrons. The zero-order valence-corrected chi connectivity index (χ0v) is 16.8. The molecule has 2 aromatic rings. The third kappa shape index (κ3) is 4.14. The van der Waals surface area contributed by atoms with Crippen molar-refractivity contribution in [2.75, 3.05) is 20.8 Å². The summed E-state index contributed by atoms with van der Waals surface area (Å²) in [6, 6.07) is 15.0. The van der Waals surface area contributed by atoms with E-state index in [0.717, 1.165) is 48.3 Å². The zero-order chi connectivity index (χ0) is 20.0. The summed E-state index contributed by atoms with van der Waals surface area (Å²) in [6.07, 6.45) is 3.83. The number of methoxy groups -OCH3 is 2. The number of ether oxygens (including phenoxy) is 4. The van der Waals surface area contributed by atoms with Gasteiger partial charge in [0, 0.05) is 0 Å². The highest BCUT2D eigenvalue weighted by Gasteiger charge is 2.65. The molecule has 2 atom stereocenters. The van der Waals surface area contributed by atoms with Crippen molar-refractivity contribution in [2.24, 2.45) is 0 Å². The van der Waals surface area contributed by atoms with Crippen LogP contribution < -0.4 is 9.47 Å². The molecular formula is C23H28O5. The highest BCUT2D eigenvalue weighted by Crippen LogP contribution is 2.58. The maximum Gasteiger partial charge on any atom is 0.346 e. The molecule has 1 heterocycles. The molecule has 0 aliphatic carbocycles. The van der Waals surface area contributed by atoms with Gasteiger partial charge in [-0.3, -0.25) is 0 Å². The third-order valence-electron chi connectivity index (χ3n) is 5.09. The van der Waals surface area contributed by atoms with E-state index in [9.17, 15) is 4.79 Å². The average molecular weight is 384 g/mol. The van der Waals surface area contributed by atoms with Crippen molar-refractivity contribution < 1.29 is 23.7 Å². The van der Waals surface area contributed by atoms with Gasteiger partial charge in [-0.2, -0.15) is 0 Å². The summed E-state index contributed by atoms with van der Waals surface area (Å²) in [5.74, 6) is 1.15. The number of rotatable bonds is 10. The van der Waals surface area contributed by atoms with E-state index in [1.54, 1.807) is 14.2 Å². The first-order valence-electron chi connectivity index (χ1n) is 9.79. The number of unbranched alkanes of at least 4 members (excludes halogenated alkanes) is 3. The Morgan fingerprint density at radius 3 is 2.11 bits per heavy atom. The number of hydrogen-bond donors (Lipinski definition) is 0. The minimum absolute atomic E-state index is 0.338. The van der Waals surface area contributed by atoms with Crippen LogP contribution in [0.2, 0.25) is 0 Å². The largest absolute Gasteiger partial charge is 0.497 e. The van der Waals surface area contributed by atoms with Gasteiger partial charge in [-0.25, -0.2) is 4.79 Å². The smallest absolute Gasteiger partial charge is 0.346 e. The number of carbonyl (C=O) groups excluding carboxylic acids is 1. The number of epoxide rings is 1. The molecule has 5 heteroatoms. The fourth-order valence-corrected chi connectivity index (χ4v) is 3.37. The van der Waals surface area contributed by atoms with Crippen molar-refractivity contribution in [3.05, 3.63) is 59.7 Å². The molecule has 150 valence electrons. The molecule has 0 aromatic heterocycles. The molecule has 0 saturated carbocycles. The van der Waals surface area contributed by atoms with E-state index < -0.39 is 5.60 Å². The van der Waals surface area contributed by atoms with Crippen molar-refractivity contribution in [2.45, 2.75) is 44.3 Å². The second-order valence-electron chi connectivity index (χ2n) is 6.93. The lowest BCUT2D eigenvalue weighted by atomic mass is 9.91. The maximum absolute atomic E-state index is 13.0. The van der Waals surface area contributed by atoms with Crippen LogP contribution in [0.5, 0.6) is 11.5 Å². The van der Waals surface area contributed by atoms with Crippen molar-refractivity contribution in [1.29, 1.82) is 0 Å². The Hall–Kier alpha value is -2.53. The monoisotopic (exact) mass is 384 g/mol. The molecule has 1 fully saturated rings. The van der Waals surface area contributed by atoms with Gasteiger partial charge in [-0.1, -0.05) is 50.5 Å². The molecule has 28 heavy (non-hydrogen) atoms. The van der Waals surface area contributed by atoms with Crippen molar-refractivity contribution in [3.63, 3.8) is 0 Å². The summed E-state index contributed by atoms with van der Waals surface area (Å²) in [5.41, 5.74) is 0.582. The third-order valence-corrected chi connectivity index (χ3v) is 5.09. The van der Waals surface area contributed by atoms with Gasteiger partial charge in [-0.15, -0.1) is 0 Å². The Labute approximate surface area is 166 Å². The molecule has 1 aliphatic rings. The number of esters is 1. The first kappa shape index (κ1) is 20.2. The Kier molecular flexibility index (Phi) is 6.57. The summed E-state index contributed by atoms with van der Waals surface area (Å²) >= 11 is 0. The van der Waals surface area contributed by atoms with E-state index in [1.165, 1.54) is 0 Å². The van der Waals surface area contributed by atoms with E-state index in [4.69, 9.17) is 18.9 Å². The SMILES string of the molecule is CCCCCCOC(=O)C1(c2ccc(OC)cc2)OC1c1ccc(OC)cc1. The van der Waals surface area contributed by atoms with Gasteiger partial charge in [0.05, 0.1) is 20.8 Å². The van der Waals surface area contributed by atoms with Crippen molar-refractivity contribution in [3.8, 4) is 11.5 Å². The highest BCUT2D eigenvalue weighted by atomic mass is 16.7. The summed E-state index contributed by atoms with van der Waals surface area (Å²) in [4.78, 5) is 13.0. The quantitative estimate of drug-likeness (QED) is 0.335. The van der Waals surface area contributed by atoms with Crippen LogP contribution in [0, 0.1) is 0 Å². The van der Waals surface area contributed by atoms with Crippen LogP contribution in [0.15, 0.2) is 48.5 Å². The molecule has 0 bridgehead atoms. The Balaban J connectivity index is 1.79. The molecule has 0 amide bonds. The molecule has 2 aromatic carbocycles. The predicted octanol–water partition coefficient (Wildman–Crippen LogP) is 4.79. The number of benzene rings is 2. The summed E-state index contributed by atoms with van der Waals surface area (Å²) in [6.45, 7) is 2.57. The van der Waals surface area contributed by atoms with E-state index in [0.29, 0.717) is 6.61 Å². The maximum atomic E-state index is 13.0. The summed E-state index contributed by atoms with van der Waals surface area (Å²) in [7, 11) is 3.24. The minimum atomic E-state index is -1.11. The van der Waals surface area contributed by atoms with Crippen LogP contribution in [-0.2, 0) is 19.9 Å². The Morgan fingerprint density at radius 2 is 1.54 bits per heavy atom. The van der Waals surface area contributed by atoms with Gasteiger partial charge in [-0.05, 0) is 41.8 Å². The second kappa shape index (κ2) is 9.11. The van der Waals surface area contributed by atoms with Gasteiger partial charge in [0.1, 0.15) is 17.6 Å². The van der Waals surface area contributed by atoms with Gasteiger partial charge in [0.25, 0.3) is 0 Å². The lowest BCUT2D eigenvalue weighted by Gasteiger charge is -2.14. The fourth-order valence-electron chi connectivity index (χ4n) is 3.37. The first-order chi connectivity index (χ1) is 13.7.